The lowest BCUT2D eigenvalue weighted by atomic mass is 10.3. The van der Waals surface area contributed by atoms with Crippen molar-refractivity contribution in [3.05, 3.63) is 55.9 Å². The maximum Gasteiger partial charge on any atom is 0.245 e. The zero-order valence-corrected chi connectivity index (χ0v) is 17.4. The van der Waals surface area contributed by atoms with Crippen LogP contribution in [-0.4, -0.2) is 27.1 Å². The van der Waals surface area contributed by atoms with Crippen LogP contribution in [0.4, 0.5) is 11.4 Å². The maximum atomic E-state index is 12.3. The van der Waals surface area contributed by atoms with Gasteiger partial charge in [0.1, 0.15) is 6.54 Å². The molecule has 2 aromatic carbocycles. The number of nitrogens with one attached hydrogen (secondary N) is 1. The van der Waals surface area contributed by atoms with Gasteiger partial charge in [-0.25, -0.2) is 8.42 Å². The Labute approximate surface area is 169 Å². The minimum atomic E-state index is -3.71. The Hall–Kier alpha value is -0.990. The average molecular weight is 487 g/mol. The second-order valence-electron chi connectivity index (χ2n) is 5.05. The third-order valence-electron chi connectivity index (χ3n) is 3.08. The Balaban J connectivity index is 2.23. The van der Waals surface area contributed by atoms with Gasteiger partial charge in [0, 0.05) is 10.2 Å². The summed E-state index contributed by atoms with van der Waals surface area (Å²) in [5, 5.41) is 3.49. The van der Waals surface area contributed by atoms with E-state index in [0.717, 1.165) is 10.6 Å². The third-order valence-corrected chi connectivity index (χ3v) is 6.19. The number of sulfonamides is 1. The monoisotopic (exact) mass is 484 g/mol. The molecule has 10 heteroatoms. The van der Waals surface area contributed by atoms with Crippen LogP contribution in [0.5, 0.6) is 0 Å². The maximum absolute atomic E-state index is 12.3. The van der Waals surface area contributed by atoms with E-state index in [1.807, 2.05) is 0 Å². The fourth-order valence-corrected chi connectivity index (χ4v) is 3.51. The molecule has 0 radical (unpaired) electrons. The Morgan fingerprint density at radius 3 is 2.32 bits per heavy atom. The number of rotatable bonds is 5. The zero-order valence-electron chi connectivity index (χ0n) is 12.8. The first-order valence-corrected chi connectivity index (χ1v) is 10.5. The van der Waals surface area contributed by atoms with Crippen molar-refractivity contribution in [1.29, 1.82) is 0 Å². The van der Waals surface area contributed by atoms with Gasteiger partial charge in [0.15, 0.2) is 0 Å². The largest absolute Gasteiger partial charge is 0.324 e. The number of carbonyl (C=O) groups is 1. The molecule has 0 fully saturated rings. The van der Waals surface area contributed by atoms with Crippen molar-refractivity contribution in [1.82, 2.24) is 0 Å². The van der Waals surface area contributed by atoms with Crippen LogP contribution in [-0.2, 0) is 14.8 Å². The molecule has 25 heavy (non-hydrogen) atoms. The molecule has 0 heterocycles. The molecule has 0 aliphatic rings. The van der Waals surface area contributed by atoms with E-state index in [9.17, 15) is 13.2 Å². The zero-order chi connectivity index (χ0) is 18.8. The first-order chi connectivity index (χ1) is 11.6. The van der Waals surface area contributed by atoms with Crippen LogP contribution in [0.15, 0.2) is 40.9 Å². The van der Waals surface area contributed by atoms with Gasteiger partial charge >= 0.3 is 0 Å². The number of carbonyl (C=O) groups excluding carboxylic acids is 1. The van der Waals surface area contributed by atoms with Gasteiger partial charge in [-0.1, -0.05) is 34.8 Å². The summed E-state index contributed by atoms with van der Waals surface area (Å²) in [7, 11) is -3.71. The van der Waals surface area contributed by atoms with E-state index in [2.05, 4.69) is 21.2 Å². The lowest BCUT2D eigenvalue weighted by Crippen LogP contribution is -2.37. The lowest BCUT2D eigenvalue weighted by molar-refractivity contribution is -0.114. The SMILES string of the molecule is CS(=O)(=O)N(CC(=O)Nc1ccc(Br)c(Cl)c1)c1ccc(Cl)c(Cl)c1. The number of hydrogen-bond acceptors (Lipinski definition) is 3. The predicted octanol–water partition coefficient (Wildman–Crippen LogP) is 4.81. The summed E-state index contributed by atoms with van der Waals surface area (Å²) in [5.41, 5.74) is 0.682. The van der Waals surface area contributed by atoms with Crippen molar-refractivity contribution >= 4 is 78.0 Å². The van der Waals surface area contributed by atoms with Gasteiger partial charge < -0.3 is 5.32 Å². The highest BCUT2D eigenvalue weighted by atomic mass is 79.9. The second kappa shape index (κ2) is 8.14. The van der Waals surface area contributed by atoms with Crippen LogP contribution in [0.25, 0.3) is 0 Å². The van der Waals surface area contributed by atoms with Crippen molar-refractivity contribution in [3.63, 3.8) is 0 Å². The molecule has 0 saturated heterocycles. The predicted molar refractivity (Wildman–Crippen MR) is 106 cm³/mol. The van der Waals surface area contributed by atoms with Crippen LogP contribution in [0.3, 0.4) is 0 Å². The molecule has 0 bridgehead atoms. The molecule has 5 nitrogen and oxygen atoms in total. The molecule has 0 atom stereocenters. The van der Waals surface area contributed by atoms with Crippen molar-refractivity contribution in [2.45, 2.75) is 0 Å². The van der Waals surface area contributed by atoms with Crippen LogP contribution < -0.4 is 9.62 Å². The van der Waals surface area contributed by atoms with Gasteiger partial charge in [0.25, 0.3) is 0 Å². The van der Waals surface area contributed by atoms with Crippen LogP contribution in [0.2, 0.25) is 15.1 Å². The van der Waals surface area contributed by atoms with E-state index in [-0.39, 0.29) is 15.7 Å². The van der Waals surface area contributed by atoms with Gasteiger partial charge in [-0.05, 0) is 52.3 Å². The Morgan fingerprint density at radius 2 is 1.76 bits per heavy atom. The first-order valence-electron chi connectivity index (χ1n) is 6.75. The summed E-state index contributed by atoms with van der Waals surface area (Å²) in [4.78, 5) is 12.3. The molecule has 2 rings (SSSR count). The van der Waals surface area contributed by atoms with Crippen molar-refractivity contribution in [2.75, 3.05) is 22.4 Å². The molecule has 134 valence electrons. The lowest BCUT2D eigenvalue weighted by Gasteiger charge is -2.22. The Morgan fingerprint density at radius 1 is 1.08 bits per heavy atom. The van der Waals surface area contributed by atoms with Gasteiger partial charge in [-0.15, -0.1) is 0 Å². The molecule has 0 saturated carbocycles. The summed E-state index contributed by atoms with van der Waals surface area (Å²) in [6.07, 6.45) is 0.999. The normalized spacial score (nSPS) is 11.2. The topological polar surface area (TPSA) is 66.5 Å². The van der Waals surface area contributed by atoms with Crippen LogP contribution in [0, 0.1) is 0 Å². The fourth-order valence-electron chi connectivity index (χ4n) is 1.95. The van der Waals surface area contributed by atoms with E-state index in [0.29, 0.717) is 15.2 Å². The van der Waals surface area contributed by atoms with E-state index in [1.54, 1.807) is 18.2 Å². The van der Waals surface area contributed by atoms with Crippen LogP contribution >= 0.6 is 50.7 Å². The molecular weight excluding hydrogens is 475 g/mol. The van der Waals surface area contributed by atoms with Crippen molar-refractivity contribution < 1.29 is 13.2 Å². The summed E-state index contributed by atoms with van der Waals surface area (Å²) >= 11 is 21.0. The molecule has 2 aromatic rings. The summed E-state index contributed by atoms with van der Waals surface area (Å²) in [6, 6.07) is 9.17. The number of halogens is 4. The molecular formula is C15H12BrCl3N2O3S. The molecule has 0 aliphatic heterocycles. The van der Waals surface area contributed by atoms with Crippen LogP contribution in [0.1, 0.15) is 0 Å². The highest BCUT2D eigenvalue weighted by Crippen LogP contribution is 2.29. The number of hydrogen-bond donors (Lipinski definition) is 1. The third kappa shape index (κ3) is 5.49. The number of anilines is 2. The van der Waals surface area contributed by atoms with Gasteiger partial charge in [0.2, 0.25) is 15.9 Å². The van der Waals surface area contributed by atoms with E-state index >= 15 is 0 Å². The number of benzene rings is 2. The molecule has 0 aliphatic carbocycles. The quantitative estimate of drug-likeness (QED) is 0.659. The van der Waals surface area contributed by atoms with Gasteiger partial charge in [-0.2, -0.15) is 0 Å². The molecule has 0 spiro atoms. The van der Waals surface area contributed by atoms with Crippen molar-refractivity contribution in [2.24, 2.45) is 0 Å². The highest BCUT2D eigenvalue weighted by Gasteiger charge is 2.21. The highest BCUT2D eigenvalue weighted by molar-refractivity contribution is 9.10. The van der Waals surface area contributed by atoms with E-state index in [1.165, 1.54) is 18.2 Å². The molecule has 1 N–H and O–H groups in total. The smallest absolute Gasteiger partial charge is 0.245 e. The summed E-state index contributed by atoms with van der Waals surface area (Å²) in [6.45, 7) is -0.426. The van der Waals surface area contributed by atoms with Crippen molar-refractivity contribution in [3.8, 4) is 0 Å². The van der Waals surface area contributed by atoms with E-state index in [4.69, 9.17) is 34.8 Å². The Kier molecular flexibility index (Phi) is 6.62. The summed E-state index contributed by atoms with van der Waals surface area (Å²) < 4.78 is 25.7. The number of amides is 1. The minimum absolute atomic E-state index is 0.188. The Bertz CT molecular complexity index is 922. The second-order valence-corrected chi connectivity index (χ2v) is 9.03. The molecule has 0 aromatic heterocycles. The summed E-state index contributed by atoms with van der Waals surface area (Å²) in [5.74, 6) is -0.533. The first kappa shape index (κ1) is 20.3. The minimum Gasteiger partial charge on any atom is -0.324 e. The average Bonchev–Trinajstić information content (AvgIpc) is 2.50. The standard InChI is InChI=1S/C15H12BrCl3N2O3S/c1-25(23,24)21(10-3-5-12(17)14(19)7-10)8-15(22)20-9-2-4-11(16)13(18)6-9/h2-7H,8H2,1H3,(H,20,22). The van der Waals surface area contributed by atoms with Gasteiger partial charge in [0.05, 0.1) is 27.0 Å². The molecule has 1 amide bonds. The number of nitrogens with zero attached hydrogens (tertiary/aromatic N) is 1. The fraction of sp³-hybridized carbons (Fsp3) is 0.133. The van der Waals surface area contributed by atoms with Gasteiger partial charge in [-0.3, -0.25) is 9.10 Å². The van der Waals surface area contributed by atoms with E-state index < -0.39 is 22.5 Å². The molecule has 0 unspecified atom stereocenters.